The number of nitrogens with zero attached hydrogens (tertiary/aromatic N) is 4. The SMILES string of the molecule is Cn1cc(-c2cnc(N)c(C(=O)N[C@@H]3CCN(C(=O)/C=C/c4ccc5c(c4)OCO5)C3)c2)cn1. The minimum absolute atomic E-state index is 0.117. The van der Waals surface area contributed by atoms with Crippen LogP contribution in [0.2, 0.25) is 0 Å². The first-order valence-corrected chi connectivity index (χ1v) is 10.9. The van der Waals surface area contributed by atoms with Crippen molar-refractivity contribution in [3.8, 4) is 22.6 Å². The number of hydrogen-bond donors (Lipinski definition) is 2. The molecule has 0 bridgehead atoms. The van der Waals surface area contributed by atoms with Gasteiger partial charge in [0.1, 0.15) is 5.82 Å². The summed E-state index contributed by atoms with van der Waals surface area (Å²) >= 11 is 0. The molecule has 3 aromatic rings. The molecule has 1 fully saturated rings. The molecule has 2 aliphatic rings. The van der Waals surface area contributed by atoms with Gasteiger partial charge in [0.2, 0.25) is 12.7 Å². The zero-order valence-corrected chi connectivity index (χ0v) is 18.6. The van der Waals surface area contributed by atoms with E-state index in [1.165, 1.54) is 6.08 Å². The van der Waals surface area contributed by atoms with E-state index in [9.17, 15) is 9.59 Å². The highest BCUT2D eigenvalue weighted by atomic mass is 16.7. The summed E-state index contributed by atoms with van der Waals surface area (Å²) in [6.07, 6.45) is 9.09. The molecule has 0 unspecified atom stereocenters. The number of hydrogen-bond acceptors (Lipinski definition) is 7. The molecule has 1 atom stereocenters. The van der Waals surface area contributed by atoms with Gasteiger partial charge in [-0.05, 0) is 36.3 Å². The van der Waals surface area contributed by atoms with Crippen molar-refractivity contribution in [2.45, 2.75) is 12.5 Å². The molecule has 34 heavy (non-hydrogen) atoms. The van der Waals surface area contributed by atoms with Gasteiger partial charge >= 0.3 is 0 Å². The van der Waals surface area contributed by atoms with Gasteiger partial charge in [0, 0.05) is 55.8 Å². The maximum Gasteiger partial charge on any atom is 0.255 e. The maximum atomic E-state index is 12.9. The van der Waals surface area contributed by atoms with Crippen LogP contribution < -0.4 is 20.5 Å². The average Bonchev–Trinajstić information content (AvgIpc) is 3.58. The highest BCUT2D eigenvalue weighted by Gasteiger charge is 2.27. The van der Waals surface area contributed by atoms with Crippen LogP contribution in [0, 0.1) is 0 Å². The predicted molar refractivity (Wildman–Crippen MR) is 125 cm³/mol. The minimum Gasteiger partial charge on any atom is -0.454 e. The van der Waals surface area contributed by atoms with Gasteiger partial charge in [0.05, 0.1) is 11.8 Å². The smallest absolute Gasteiger partial charge is 0.255 e. The third kappa shape index (κ3) is 4.42. The van der Waals surface area contributed by atoms with Crippen LogP contribution >= 0.6 is 0 Å². The number of carbonyl (C=O) groups is 2. The van der Waals surface area contributed by atoms with Crippen LogP contribution in [-0.2, 0) is 11.8 Å². The summed E-state index contributed by atoms with van der Waals surface area (Å²) in [5.41, 5.74) is 8.71. The highest BCUT2D eigenvalue weighted by Crippen LogP contribution is 2.32. The van der Waals surface area contributed by atoms with Crippen LogP contribution in [0.4, 0.5) is 5.82 Å². The van der Waals surface area contributed by atoms with Crippen molar-refractivity contribution in [1.82, 2.24) is 25.0 Å². The van der Waals surface area contributed by atoms with Gasteiger partial charge in [-0.1, -0.05) is 6.07 Å². The summed E-state index contributed by atoms with van der Waals surface area (Å²) < 4.78 is 12.3. The largest absolute Gasteiger partial charge is 0.454 e. The Morgan fingerprint density at radius 1 is 1.18 bits per heavy atom. The van der Waals surface area contributed by atoms with Crippen molar-refractivity contribution in [3.05, 3.63) is 60.1 Å². The van der Waals surface area contributed by atoms with Crippen LogP contribution in [0.15, 0.2) is 48.9 Å². The van der Waals surface area contributed by atoms with Crippen LogP contribution in [-0.4, -0.2) is 57.4 Å². The van der Waals surface area contributed by atoms with Crippen molar-refractivity contribution in [1.29, 1.82) is 0 Å². The Morgan fingerprint density at radius 2 is 2.03 bits per heavy atom. The van der Waals surface area contributed by atoms with Crippen molar-refractivity contribution in [3.63, 3.8) is 0 Å². The van der Waals surface area contributed by atoms with E-state index in [4.69, 9.17) is 15.2 Å². The maximum absolute atomic E-state index is 12.9. The van der Waals surface area contributed by atoms with E-state index in [0.717, 1.165) is 16.7 Å². The summed E-state index contributed by atoms with van der Waals surface area (Å²) in [4.78, 5) is 31.4. The van der Waals surface area contributed by atoms with Crippen LogP contribution in [0.1, 0.15) is 22.3 Å². The van der Waals surface area contributed by atoms with Crippen LogP contribution in [0.3, 0.4) is 0 Å². The van der Waals surface area contributed by atoms with Gasteiger partial charge in [0.15, 0.2) is 11.5 Å². The number of rotatable bonds is 5. The third-order valence-corrected chi connectivity index (χ3v) is 5.85. The van der Waals surface area contributed by atoms with Crippen molar-refractivity contribution in [2.75, 3.05) is 25.6 Å². The Bertz CT molecular complexity index is 1280. The number of fused-ring (bicyclic) bond motifs is 1. The lowest BCUT2D eigenvalue weighted by molar-refractivity contribution is -0.125. The lowest BCUT2D eigenvalue weighted by Crippen LogP contribution is -2.38. The Kier molecular flexibility index (Phi) is 5.62. The van der Waals surface area contributed by atoms with Gasteiger partial charge in [-0.15, -0.1) is 0 Å². The number of ether oxygens (including phenoxy) is 2. The molecular weight excluding hydrogens is 436 g/mol. The van der Waals surface area contributed by atoms with Crippen molar-refractivity contribution in [2.24, 2.45) is 7.05 Å². The summed E-state index contributed by atoms with van der Waals surface area (Å²) in [5, 5.41) is 7.13. The third-order valence-electron chi connectivity index (χ3n) is 5.85. The second kappa shape index (κ2) is 8.89. The number of nitrogens with one attached hydrogen (secondary N) is 1. The molecule has 10 heteroatoms. The van der Waals surface area contributed by atoms with Gasteiger partial charge in [-0.3, -0.25) is 14.3 Å². The molecule has 3 N–H and O–H groups in total. The van der Waals surface area contributed by atoms with Crippen LogP contribution in [0.25, 0.3) is 17.2 Å². The van der Waals surface area contributed by atoms with E-state index in [-0.39, 0.29) is 30.5 Å². The number of benzene rings is 1. The Morgan fingerprint density at radius 3 is 2.85 bits per heavy atom. The summed E-state index contributed by atoms with van der Waals surface area (Å²) in [7, 11) is 1.82. The Labute approximate surface area is 196 Å². The van der Waals surface area contributed by atoms with Gasteiger partial charge in [-0.25, -0.2) is 4.98 Å². The first kappa shape index (κ1) is 21.5. The van der Waals surface area contributed by atoms with Gasteiger partial charge in [-0.2, -0.15) is 5.10 Å². The van der Waals surface area contributed by atoms with Gasteiger partial charge in [0.25, 0.3) is 5.91 Å². The highest BCUT2D eigenvalue weighted by molar-refractivity contribution is 5.99. The normalized spacial score (nSPS) is 16.9. The molecular formula is C24H24N6O4. The molecule has 4 heterocycles. The molecule has 1 aromatic carbocycles. The topological polar surface area (TPSA) is 125 Å². The number of aromatic nitrogens is 3. The molecule has 2 amide bonds. The average molecular weight is 460 g/mol. The molecule has 0 spiro atoms. The lowest BCUT2D eigenvalue weighted by atomic mass is 10.1. The van der Waals surface area contributed by atoms with E-state index in [2.05, 4.69) is 15.4 Å². The van der Waals surface area contributed by atoms with E-state index in [0.29, 0.717) is 36.6 Å². The van der Waals surface area contributed by atoms with Gasteiger partial charge < -0.3 is 25.4 Å². The fraction of sp³-hybridized carbons (Fsp3) is 0.250. The molecule has 5 rings (SSSR count). The second-order valence-corrected chi connectivity index (χ2v) is 8.25. The summed E-state index contributed by atoms with van der Waals surface area (Å²) in [6.45, 7) is 1.18. The zero-order chi connectivity index (χ0) is 23.7. The number of anilines is 1. The van der Waals surface area contributed by atoms with Crippen molar-refractivity contribution < 1.29 is 19.1 Å². The first-order chi connectivity index (χ1) is 16.5. The number of nitrogens with two attached hydrogens (primary N) is 1. The Hall–Kier alpha value is -4.34. The number of aryl methyl sites for hydroxylation is 1. The molecule has 0 aliphatic carbocycles. The molecule has 10 nitrogen and oxygen atoms in total. The molecule has 0 saturated carbocycles. The number of amides is 2. The number of carbonyl (C=O) groups excluding carboxylic acids is 2. The van der Waals surface area contributed by atoms with E-state index < -0.39 is 0 Å². The molecule has 2 aliphatic heterocycles. The monoisotopic (exact) mass is 460 g/mol. The summed E-state index contributed by atoms with van der Waals surface area (Å²) in [6, 6.07) is 7.05. The van der Waals surface area contributed by atoms with E-state index in [1.54, 1.807) is 34.1 Å². The zero-order valence-electron chi connectivity index (χ0n) is 18.6. The molecule has 174 valence electrons. The van der Waals surface area contributed by atoms with E-state index in [1.807, 2.05) is 31.4 Å². The first-order valence-electron chi connectivity index (χ1n) is 10.9. The molecule has 0 radical (unpaired) electrons. The number of likely N-dealkylation sites (tertiary alicyclic amines) is 1. The summed E-state index contributed by atoms with van der Waals surface area (Å²) in [5.74, 6) is 1.09. The quantitative estimate of drug-likeness (QED) is 0.557. The minimum atomic E-state index is -0.314. The van der Waals surface area contributed by atoms with E-state index >= 15 is 0 Å². The second-order valence-electron chi connectivity index (χ2n) is 8.25. The fourth-order valence-electron chi connectivity index (χ4n) is 4.02. The lowest BCUT2D eigenvalue weighted by Gasteiger charge is -2.16. The predicted octanol–water partition coefficient (Wildman–Crippen LogP) is 1.84. The Balaban J connectivity index is 1.20. The fourth-order valence-corrected chi connectivity index (χ4v) is 4.02. The number of nitrogen functional groups attached to an aromatic ring is 1. The molecule has 1 saturated heterocycles. The number of pyridine rings is 1. The standard InChI is InChI=1S/C24H24N6O4/c1-29-12-17(11-27-29)16-9-19(23(25)26-10-16)24(32)28-18-6-7-30(13-18)22(31)5-3-15-2-4-20-21(8-15)34-14-33-20/h2-5,8-12,18H,6-7,13-14H2,1H3,(H2,25,26)(H,28,32)/b5-3+/t18-/m1/s1. The van der Waals surface area contributed by atoms with Crippen molar-refractivity contribution >= 4 is 23.7 Å². The molecule has 2 aromatic heterocycles. The van der Waals surface area contributed by atoms with Crippen LogP contribution in [0.5, 0.6) is 11.5 Å².